The fraction of sp³-hybridized carbons (Fsp3) is 0.0769. The van der Waals surface area contributed by atoms with Crippen LogP contribution < -0.4 is 4.74 Å². The van der Waals surface area contributed by atoms with Crippen molar-refractivity contribution >= 4 is 31.9 Å². The second-order valence-electron chi connectivity index (χ2n) is 3.34. The number of rotatable bonds is 3. The van der Waals surface area contributed by atoms with E-state index < -0.39 is 0 Å². The van der Waals surface area contributed by atoms with Gasteiger partial charge in [0.05, 0.1) is 0 Å². The molecule has 0 aliphatic carbocycles. The second kappa shape index (κ2) is 5.51. The van der Waals surface area contributed by atoms with E-state index in [9.17, 15) is 0 Å². The van der Waals surface area contributed by atoms with Crippen LogP contribution in [0.1, 0.15) is 5.56 Å². The molecule has 2 rings (SSSR count). The Labute approximate surface area is 112 Å². The van der Waals surface area contributed by atoms with Crippen LogP contribution >= 0.6 is 31.9 Å². The maximum atomic E-state index is 5.67. The standard InChI is InChI=1S/C13H10Br2O/c14-11-7-6-10(13(15)8-11)9-16-12-4-2-1-3-5-12/h1-8H,9H2. The van der Waals surface area contributed by atoms with Crippen molar-refractivity contribution in [3.63, 3.8) is 0 Å². The third-order valence-corrected chi connectivity index (χ3v) is 3.38. The summed E-state index contributed by atoms with van der Waals surface area (Å²) in [5.74, 6) is 0.886. The molecular weight excluding hydrogens is 332 g/mol. The van der Waals surface area contributed by atoms with Crippen molar-refractivity contribution in [1.29, 1.82) is 0 Å². The summed E-state index contributed by atoms with van der Waals surface area (Å²) in [6, 6.07) is 15.9. The van der Waals surface area contributed by atoms with Gasteiger partial charge in [0.15, 0.2) is 0 Å². The fourth-order valence-corrected chi connectivity index (χ4v) is 2.48. The molecule has 0 bridgehead atoms. The summed E-state index contributed by atoms with van der Waals surface area (Å²) in [6.45, 7) is 0.567. The maximum absolute atomic E-state index is 5.67. The molecule has 1 nitrogen and oxygen atoms in total. The minimum Gasteiger partial charge on any atom is -0.489 e. The van der Waals surface area contributed by atoms with Gasteiger partial charge >= 0.3 is 0 Å². The van der Waals surface area contributed by atoms with Crippen LogP contribution in [0.2, 0.25) is 0 Å². The lowest BCUT2D eigenvalue weighted by atomic mass is 10.2. The predicted octanol–water partition coefficient (Wildman–Crippen LogP) is 4.79. The third kappa shape index (κ3) is 3.09. The van der Waals surface area contributed by atoms with Crippen molar-refractivity contribution in [3.05, 3.63) is 63.0 Å². The molecule has 0 unspecified atom stereocenters. The molecule has 0 spiro atoms. The third-order valence-electron chi connectivity index (χ3n) is 2.15. The Morgan fingerprint density at radius 3 is 2.38 bits per heavy atom. The van der Waals surface area contributed by atoms with Gasteiger partial charge in [-0.05, 0) is 24.3 Å². The zero-order chi connectivity index (χ0) is 11.4. The van der Waals surface area contributed by atoms with Gasteiger partial charge in [-0.1, -0.05) is 56.1 Å². The number of halogens is 2. The number of hydrogen-bond acceptors (Lipinski definition) is 1. The molecule has 0 radical (unpaired) electrons. The fourth-order valence-electron chi connectivity index (χ4n) is 1.32. The summed E-state index contributed by atoms with van der Waals surface area (Å²) in [4.78, 5) is 0. The Morgan fingerprint density at radius 2 is 1.69 bits per heavy atom. The van der Waals surface area contributed by atoms with Gasteiger partial charge in [0.2, 0.25) is 0 Å². The number of benzene rings is 2. The Balaban J connectivity index is 2.05. The van der Waals surface area contributed by atoms with E-state index in [1.54, 1.807) is 0 Å². The molecule has 2 aromatic rings. The van der Waals surface area contributed by atoms with E-state index in [1.165, 1.54) is 0 Å². The molecule has 0 amide bonds. The molecule has 0 aliphatic heterocycles. The first-order valence-electron chi connectivity index (χ1n) is 4.87. The number of hydrogen-bond donors (Lipinski definition) is 0. The zero-order valence-electron chi connectivity index (χ0n) is 8.49. The van der Waals surface area contributed by atoms with E-state index in [1.807, 2.05) is 48.5 Å². The van der Waals surface area contributed by atoms with E-state index in [-0.39, 0.29) is 0 Å². The van der Waals surface area contributed by atoms with Crippen LogP contribution in [0.5, 0.6) is 5.75 Å². The predicted molar refractivity (Wildman–Crippen MR) is 72.6 cm³/mol. The summed E-state index contributed by atoms with van der Waals surface area (Å²) in [6.07, 6.45) is 0. The summed E-state index contributed by atoms with van der Waals surface area (Å²) >= 11 is 6.93. The topological polar surface area (TPSA) is 9.23 Å². The first-order valence-corrected chi connectivity index (χ1v) is 6.46. The minimum atomic E-state index is 0.567. The van der Waals surface area contributed by atoms with Gasteiger partial charge in [-0.3, -0.25) is 0 Å². The lowest BCUT2D eigenvalue weighted by Gasteiger charge is -2.07. The van der Waals surface area contributed by atoms with Crippen molar-refractivity contribution in [3.8, 4) is 5.75 Å². The Kier molecular flexibility index (Phi) is 4.02. The Morgan fingerprint density at radius 1 is 0.938 bits per heavy atom. The molecule has 0 aromatic heterocycles. The Bertz CT molecular complexity index is 469. The first kappa shape index (κ1) is 11.7. The van der Waals surface area contributed by atoms with E-state index in [4.69, 9.17) is 4.74 Å². The van der Waals surface area contributed by atoms with Crippen LogP contribution in [0, 0.1) is 0 Å². The largest absolute Gasteiger partial charge is 0.489 e. The quantitative estimate of drug-likeness (QED) is 0.779. The second-order valence-corrected chi connectivity index (χ2v) is 5.11. The maximum Gasteiger partial charge on any atom is 0.119 e. The van der Waals surface area contributed by atoms with E-state index in [0.29, 0.717) is 6.61 Å². The van der Waals surface area contributed by atoms with Crippen LogP contribution in [-0.2, 0) is 6.61 Å². The van der Waals surface area contributed by atoms with Gasteiger partial charge in [0, 0.05) is 14.5 Å². The van der Waals surface area contributed by atoms with Crippen molar-refractivity contribution < 1.29 is 4.74 Å². The van der Waals surface area contributed by atoms with Gasteiger partial charge < -0.3 is 4.74 Å². The zero-order valence-corrected chi connectivity index (χ0v) is 11.7. The first-order chi connectivity index (χ1) is 7.75. The van der Waals surface area contributed by atoms with Gasteiger partial charge in [0.1, 0.15) is 12.4 Å². The molecule has 0 N–H and O–H groups in total. The summed E-state index contributed by atoms with van der Waals surface area (Å²) in [5.41, 5.74) is 1.13. The average Bonchev–Trinajstić information content (AvgIpc) is 2.29. The molecule has 0 heterocycles. The highest BCUT2D eigenvalue weighted by atomic mass is 79.9. The van der Waals surface area contributed by atoms with Crippen LogP contribution in [-0.4, -0.2) is 0 Å². The summed E-state index contributed by atoms with van der Waals surface area (Å²) in [5, 5.41) is 0. The lowest BCUT2D eigenvalue weighted by molar-refractivity contribution is 0.305. The van der Waals surface area contributed by atoms with Crippen molar-refractivity contribution in [2.24, 2.45) is 0 Å². The lowest BCUT2D eigenvalue weighted by Crippen LogP contribution is -1.96. The van der Waals surface area contributed by atoms with Crippen LogP contribution in [0.4, 0.5) is 0 Å². The number of ether oxygens (including phenoxy) is 1. The highest BCUT2D eigenvalue weighted by Gasteiger charge is 2.01. The Hall–Kier alpha value is -0.800. The molecule has 3 heteroatoms. The van der Waals surface area contributed by atoms with Crippen molar-refractivity contribution in [2.45, 2.75) is 6.61 Å². The van der Waals surface area contributed by atoms with Crippen molar-refractivity contribution in [1.82, 2.24) is 0 Å². The molecule has 82 valence electrons. The molecule has 2 aromatic carbocycles. The molecule has 0 fully saturated rings. The molecular formula is C13H10Br2O. The van der Waals surface area contributed by atoms with Crippen LogP contribution in [0.25, 0.3) is 0 Å². The van der Waals surface area contributed by atoms with Crippen molar-refractivity contribution in [2.75, 3.05) is 0 Å². The highest BCUT2D eigenvalue weighted by Crippen LogP contribution is 2.23. The van der Waals surface area contributed by atoms with E-state index >= 15 is 0 Å². The van der Waals surface area contributed by atoms with Gasteiger partial charge in [-0.15, -0.1) is 0 Å². The molecule has 0 atom stereocenters. The van der Waals surface area contributed by atoms with Gasteiger partial charge in [0.25, 0.3) is 0 Å². The highest BCUT2D eigenvalue weighted by molar-refractivity contribution is 9.11. The molecule has 16 heavy (non-hydrogen) atoms. The summed E-state index contributed by atoms with van der Waals surface area (Å²) < 4.78 is 7.78. The number of para-hydroxylation sites is 1. The summed E-state index contributed by atoms with van der Waals surface area (Å²) in [7, 11) is 0. The smallest absolute Gasteiger partial charge is 0.119 e. The normalized spacial score (nSPS) is 10.1. The molecule has 0 aliphatic rings. The van der Waals surface area contributed by atoms with Crippen LogP contribution in [0.3, 0.4) is 0 Å². The van der Waals surface area contributed by atoms with E-state index in [2.05, 4.69) is 31.9 Å². The average molecular weight is 342 g/mol. The SMILES string of the molecule is Brc1ccc(COc2ccccc2)c(Br)c1. The monoisotopic (exact) mass is 340 g/mol. The van der Waals surface area contributed by atoms with E-state index in [0.717, 1.165) is 20.3 Å². The van der Waals surface area contributed by atoms with Gasteiger partial charge in [-0.25, -0.2) is 0 Å². The molecule has 0 saturated heterocycles. The molecule has 0 saturated carbocycles. The van der Waals surface area contributed by atoms with Gasteiger partial charge in [-0.2, -0.15) is 0 Å². The minimum absolute atomic E-state index is 0.567. The van der Waals surface area contributed by atoms with Crippen LogP contribution in [0.15, 0.2) is 57.5 Å².